The predicted molar refractivity (Wildman–Crippen MR) is 84.5 cm³/mol. The molecular weight excluding hydrogens is 268 g/mol. The number of amides is 1. The average molecular weight is 292 g/mol. The maximum atomic E-state index is 11.4. The normalized spacial score (nSPS) is 11.1. The van der Waals surface area contributed by atoms with Gasteiger partial charge in [0.25, 0.3) is 5.91 Å². The highest BCUT2D eigenvalue weighted by molar-refractivity contribution is 5.93. The van der Waals surface area contributed by atoms with Crippen molar-refractivity contribution in [1.29, 1.82) is 0 Å². The number of benzene rings is 1. The molecule has 1 aromatic carbocycles. The van der Waals surface area contributed by atoms with Crippen LogP contribution in [0.3, 0.4) is 0 Å². The number of nitrogens with one attached hydrogen (secondary N) is 3. The molecule has 0 saturated heterocycles. The Morgan fingerprint density at radius 2 is 1.95 bits per heavy atom. The van der Waals surface area contributed by atoms with Gasteiger partial charge in [0, 0.05) is 46.5 Å². The van der Waals surface area contributed by atoms with Crippen molar-refractivity contribution in [2.24, 2.45) is 4.99 Å². The van der Waals surface area contributed by atoms with Crippen LogP contribution in [0.15, 0.2) is 29.3 Å². The lowest BCUT2D eigenvalue weighted by molar-refractivity contribution is 0.0963. The molecule has 0 aliphatic carbocycles. The van der Waals surface area contributed by atoms with Gasteiger partial charge in [0.05, 0.1) is 0 Å². The maximum Gasteiger partial charge on any atom is 0.251 e. The highest BCUT2D eigenvalue weighted by atomic mass is 16.5. The number of guanidine groups is 1. The SMILES string of the molecule is CN=C(NCCCOC)NCc1ccc(C(=O)NC)cc1. The van der Waals surface area contributed by atoms with Gasteiger partial charge in [-0.05, 0) is 24.1 Å². The third kappa shape index (κ3) is 6.27. The molecule has 6 nitrogen and oxygen atoms in total. The largest absolute Gasteiger partial charge is 0.385 e. The highest BCUT2D eigenvalue weighted by Crippen LogP contribution is 2.04. The number of carbonyl (C=O) groups excluding carboxylic acids is 1. The fraction of sp³-hybridized carbons (Fsp3) is 0.467. The van der Waals surface area contributed by atoms with E-state index in [0.29, 0.717) is 12.1 Å². The van der Waals surface area contributed by atoms with Gasteiger partial charge in [-0.2, -0.15) is 0 Å². The zero-order chi connectivity index (χ0) is 15.5. The van der Waals surface area contributed by atoms with Crippen LogP contribution in [0.1, 0.15) is 22.3 Å². The van der Waals surface area contributed by atoms with Gasteiger partial charge in [0.1, 0.15) is 0 Å². The molecule has 0 saturated carbocycles. The van der Waals surface area contributed by atoms with Crippen LogP contribution in [0.25, 0.3) is 0 Å². The monoisotopic (exact) mass is 292 g/mol. The molecule has 1 rings (SSSR count). The summed E-state index contributed by atoms with van der Waals surface area (Å²) in [7, 11) is 5.05. The smallest absolute Gasteiger partial charge is 0.251 e. The Labute approximate surface area is 126 Å². The lowest BCUT2D eigenvalue weighted by Crippen LogP contribution is -2.37. The third-order valence-corrected chi connectivity index (χ3v) is 2.94. The Balaban J connectivity index is 2.40. The minimum absolute atomic E-state index is 0.0786. The van der Waals surface area contributed by atoms with E-state index in [0.717, 1.165) is 31.1 Å². The highest BCUT2D eigenvalue weighted by Gasteiger charge is 2.03. The maximum absolute atomic E-state index is 11.4. The molecular formula is C15H24N4O2. The van der Waals surface area contributed by atoms with Crippen LogP contribution in [0.2, 0.25) is 0 Å². The first kappa shape index (κ1) is 17.0. The number of hydrogen-bond donors (Lipinski definition) is 3. The molecule has 116 valence electrons. The summed E-state index contributed by atoms with van der Waals surface area (Å²) in [6, 6.07) is 7.47. The summed E-state index contributed by atoms with van der Waals surface area (Å²) in [5.41, 5.74) is 1.74. The molecule has 0 aliphatic heterocycles. The van der Waals surface area contributed by atoms with Crippen LogP contribution in [0, 0.1) is 0 Å². The van der Waals surface area contributed by atoms with Gasteiger partial charge >= 0.3 is 0 Å². The van der Waals surface area contributed by atoms with Gasteiger partial charge in [-0.25, -0.2) is 0 Å². The number of carbonyl (C=O) groups is 1. The zero-order valence-electron chi connectivity index (χ0n) is 12.9. The molecule has 1 aromatic rings. The van der Waals surface area contributed by atoms with Crippen LogP contribution in [-0.4, -0.2) is 46.2 Å². The standard InChI is InChI=1S/C15H24N4O2/c1-16-14(20)13-7-5-12(6-8-13)11-19-15(17-2)18-9-4-10-21-3/h5-8H,4,9-11H2,1-3H3,(H,16,20)(H2,17,18,19). The summed E-state index contributed by atoms with van der Waals surface area (Å²) >= 11 is 0. The number of aliphatic imine (C=N–C) groups is 1. The molecule has 6 heteroatoms. The van der Waals surface area contributed by atoms with E-state index in [9.17, 15) is 4.79 Å². The van der Waals surface area contributed by atoms with Crippen molar-refractivity contribution in [3.63, 3.8) is 0 Å². The Bertz CT molecular complexity index is 457. The molecule has 0 aromatic heterocycles. The van der Waals surface area contributed by atoms with Crippen molar-refractivity contribution in [3.8, 4) is 0 Å². The molecule has 21 heavy (non-hydrogen) atoms. The molecule has 0 unspecified atom stereocenters. The number of rotatable bonds is 7. The molecule has 1 amide bonds. The van der Waals surface area contributed by atoms with Crippen LogP contribution in [-0.2, 0) is 11.3 Å². The van der Waals surface area contributed by atoms with E-state index in [2.05, 4.69) is 20.9 Å². The molecule has 0 atom stereocenters. The summed E-state index contributed by atoms with van der Waals surface area (Å²) in [4.78, 5) is 15.6. The zero-order valence-corrected chi connectivity index (χ0v) is 12.9. The van der Waals surface area contributed by atoms with Crippen LogP contribution >= 0.6 is 0 Å². The average Bonchev–Trinajstić information content (AvgIpc) is 2.54. The lowest BCUT2D eigenvalue weighted by Gasteiger charge is -2.12. The van der Waals surface area contributed by atoms with Gasteiger partial charge in [-0.15, -0.1) is 0 Å². The second-order valence-electron chi connectivity index (χ2n) is 4.47. The summed E-state index contributed by atoms with van der Waals surface area (Å²) < 4.78 is 4.99. The topological polar surface area (TPSA) is 74.8 Å². The van der Waals surface area contributed by atoms with Crippen LogP contribution < -0.4 is 16.0 Å². The summed E-state index contributed by atoms with van der Waals surface area (Å²) in [5.74, 6) is 0.673. The van der Waals surface area contributed by atoms with Gasteiger partial charge in [0.2, 0.25) is 0 Å². The first-order valence-corrected chi connectivity index (χ1v) is 6.95. The second kappa shape index (κ2) is 9.77. The van der Waals surface area contributed by atoms with E-state index >= 15 is 0 Å². The molecule has 3 N–H and O–H groups in total. The van der Waals surface area contributed by atoms with Gasteiger partial charge < -0.3 is 20.7 Å². The van der Waals surface area contributed by atoms with Gasteiger partial charge in [-0.3, -0.25) is 9.79 Å². The van der Waals surface area contributed by atoms with E-state index in [-0.39, 0.29) is 5.91 Å². The Morgan fingerprint density at radius 1 is 1.24 bits per heavy atom. The van der Waals surface area contributed by atoms with E-state index in [1.54, 1.807) is 21.2 Å². The predicted octanol–water partition coefficient (Wildman–Crippen LogP) is 0.748. The summed E-state index contributed by atoms with van der Waals surface area (Å²) in [6.07, 6.45) is 0.929. The van der Waals surface area contributed by atoms with E-state index < -0.39 is 0 Å². The van der Waals surface area contributed by atoms with Crippen LogP contribution in [0.5, 0.6) is 0 Å². The van der Waals surface area contributed by atoms with Crippen molar-refractivity contribution in [2.45, 2.75) is 13.0 Å². The molecule has 0 bridgehead atoms. The molecule has 0 aliphatic rings. The number of ether oxygens (including phenoxy) is 1. The quantitative estimate of drug-likeness (QED) is 0.394. The Hall–Kier alpha value is -2.08. The van der Waals surface area contributed by atoms with Gasteiger partial charge in [0.15, 0.2) is 5.96 Å². The lowest BCUT2D eigenvalue weighted by atomic mass is 10.1. The van der Waals surface area contributed by atoms with Gasteiger partial charge in [-0.1, -0.05) is 12.1 Å². The van der Waals surface area contributed by atoms with Crippen molar-refractivity contribution >= 4 is 11.9 Å². The van der Waals surface area contributed by atoms with Crippen molar-refractivity contribution in [2.75, 3.05) is 34.4 Å². The Kier molecular flexibility index (Phi) is 7.89. The Morgan fingerprint density at radius 3 is 2.52 bits per heavy atom. The molecule has 0 fully saturated rings. The number of nitrogens with zero attached hydrogens (tertiary/aromatic N) is 1. The third-order valence-electron chi connectivity index (χ3n) is 2.94. The van der Waals surface area contributed by atoms with E-state index in [1.165, 1.54) is 0 Å². The van der Waals surface area contributed by atoms with Crippen LogP contribution in [0.4, 0.5) is 0 Å². The van der Waals surface area contributed by atoms with Crippen molar-refractivity contribution in [1.82, 2.24) is 16.0 Å². The second-order valence-corrected chi connectivity index (χ2v) is 4.47. The molecule has 0 heterocycles. The summed E-state index contributed by atoms with van der Waals surface area (Å²) in [6.45, 7) is 2.19. The summed E-state index contributed by atoms with van der Waals surface area (Å²) in [5, 5.41) is 9.03. The van der Waals surface area contributed by atoms with Crippen molar-refractivity contribution in [3.05, 3.63) is 35.4 Å². The number of methoxy groups -OCH3 is 1. The first-order valence-electron chi connectivity index (χ1n) is 6.95. The fourth-order valence-electron chi connectivity index (χ4n) is 1.75. The molecule has 0 spiro atoms. The number of hydrogen-bond acceptors (Lipinski definition) is 3. The minimum Gasteiger partial charge on any atom is -0.385 e. The molecule has 0 radical (unpaired) electrons. The van der Waals surface area contributed by atoms with E-state index in [4.69, 9.17) is 4.74 Å². The first-order chi connectivity index (χ1) is 10.2. The minimum atomic E-state index is -0.0786. The fourth-order valence-corrected chi connectivity index (χ4v) is 1.75. The van der Waals surface area contributed by atoms with Crippen molar-refractivity contribution < 1.29 is 9.53 Å². The van der Waals surface area contributed by atoms with E-state index in [1.807, 2.05) is 24.3 Å².